The first kappa shape index (κ1) is 13.0. The van der Waals surface area contributed by atoms with Gasteiger partial charge in [-0.05, 0) is 30.9 Å². The van der Waals surface area contributed by atoms with Crippen LogP contribution in [0.1, 0.15) is 25.0 Å². The summed E-state index contributed by atoms with van der Waals surface area (Å²) in [7, 11) is 0. The van der Waals surface area contributed by atoms with E-state index in [0.29, 0.717) is 6.04 Å². The fraction of sp³-hybridized carbons (Fsp3) is 0.438. The summed E-state index contributed by atoms with van der Waals surface area (Å²) in [6, 6.07) is 7.00. The third kappa shape index (κ3) is 2.50. The van der Waals surface area contributed by atoms with Gasteiger partial charge in [-0.15, -0.1) is 0 Å². The average Bonchev–Trinajstić information content (AvgIpc) is 3.05. The molecule has 3 rings (SSSR count). The van der Waals surface area contributed by atoms with Crippen LogP contribution < -0.4 is 10.6 Å². The molecule has 0 saturated heterocycles. The van der Waals surface area contributed by atoms with E-state index in [0.717, 1.165) is 31.9 Å². The van der Waals surface area contributed by atoms with E-state index in [4.69, 9.17) is 0 Å². The van der Waals surface area contributed by atoms with Crippen LogP contribution in [0.2, 0.25) is 0 Å². The summed E-state index contributed by atoms with van der Waals surface area (Å²) in [4.78, 5) is 7.83. The summed E-state index contributed by atoms with van der Waals surface area (Å²) in [6.45, 7) is 6.11. The fourth-order valence-corrected chi connectivity index (χ4v) is 2.75. The number of benzene rings is 1. The van der Waals surface area contributed by atoms with Crippen LogP contribution in [-0.4, -0.2) is 30.1 Å². The zero-order chi connectivity index (χ0) is 13.9. The number of H-pyrrole nitrogens is 1. The highest BCUT2D eigenvalue weighted by Crippen LogP contribution is 2.22. The molecule has 3 N–H and O–H groups in total. The quantitative estimate of drug-likeness (QED) is 0.798. The molecule has 0 amide bonds. The van der Waals surface area contributed by atoms with Crippen molar-refractivity contribution in [3.05, 3.63) is 35.5 Å². The van der Waals surface area contributed by atoms with Crippen LogP contribution in [-0.2, 0) is 12.8 Å². The Morgan fingerprint density at radius 3 is 3.00 bits per heavy atom. The minimum atomic E-state index is 0.456. The number of rotatable bonds is 4. The zero-order valence-corrected chi connectivity index (χ0v) is 12.2. The molecule has 106 valence electrons. The maximum Gasteiger partial charge on any atom is 0.191 e. The minimum absolute atomic E-state index is 0.456. The Balaban J connectivity index is 1.66. The molecule has 0 fully saturated rings. The summed E-state index contributed by atoms with van der Waals surface area (Å²) in [5.41, 5.74) is 4.04. The van der Waals surface area contributed by atoms with Gasteiger partial charge in [0.05, 0.1) is 6.54 Å². The van der Waals surface area contributed by atoms with E-state index >= 15 is 0 Å². The van der Waals surface area contributed by atoms with E-state index in [9.17, 15) is 0 Å². The SMILES string of the molecule is CCc1cccc2c(CCNC3=NCC(C)N3)c[nH]c12. The van der Waals surface area contributed by atoms with Gasteiger partial charge in [0.15, 0.2) is 5.96 Å². The van der Waals surface area contributed by atoms with Gasteiger partial charge in [0.25, 0.3) is 0 Å². The molecule has 20 heavy (non-hydrogen) atoms. The molecule has 0 bridgehead atoms. The zero-order valence-electron chi connectivity index (χ0n) is 12.2. The van der Waals surface area contributed by atoms with Crippen LogP contribution in [0.15, 0.2) is 29.4 Å². The standard InChI is InChI=1S/C16H22N4/c1-3-12-5-4-6-14-13(10-18-15(12)14)7-8-17-16-19-9-11(2)20-16/h4-6,10-11,18H,3,7-9H2,1-2H3,(H2,17,19,20). The van der Waals surface area contributed by atoms with Crippen LogP contribution >= 0.6 is 0 Å². The molecule has 2 heterocycles. The Morgan fingerprint density at radius 1 is 1.35 bits per heavy atom. The van der Waals surface area contributed by atoms with E-state index in [-0.39, 0.29) is 0 Å². The molecule has 1 aliphatic rings. The molecule has 1 unspecified atom stereocenters. The molecule has 0 radical (unpaired) electrons. The van der Waals surface area contributed by atoms with Gasteiger partial charge in [-0.2, -0.15) is 0 Å². The van der Waals surface area contributed by atoms with Crippen LogP contribution in [0.3, 0.4) is 0 Å². The normalized spacial score (nSPS) is 18.1. The fourth-order valence-electron chi connectivity index (χ4n) is 2.75. The van der Waals surface area contributed by atoms with Crippen molar-refractivity contribution in [3.8, 4) is 0 Å². The van der Waals surface area contributed by atoms with Gasteiger partial charge in [-0.3, -0.25) is 4.99 Å². The summed E-state index contributed by atoms with van der Waals surface area (Å²) in [5.74, 6) is 0.937. The molecule has 4 nitrogen and oxygen atoms in total. The van der Waals surface area contributed by atoms with Crippen molar-refractivity contribution < 1.29 is 0 Å². The molecule has 4 heteroatoms. The largest absolute Gasteiger partial charge is 0.361 e. The van der Waals surface area contributed by atoms with Gasteiger partial charge in [-0.1, -0.05) is 25.1 Å². The molecule has 2 aromatic rings. The van der Waals surface area contributed by atoms with Gasteiger partial charge in [0.2, 0.25) is 0 Å². The Hall–Kier alpha value is -1.97. The minimum Gasteiger partial charge on any atom is -0.361 e. The van der Waals surface area contributed by atoms with Crippen molar-refractivity contribution in [1.82, 2.24) is 15.6 Å². The topological polar surface area (TPSA) is 52.2 Å². The van der Waals surface area contributed by atoms with Gasteiger partial charge >= 0.3 is 0 Å². The third-order valence-corrected chi connectivity index (χ3v) is 3.86. The number of para-hydroxylation sites is 1. The number of hydrogen-bond donors (Lipinski definition) is 3. The van der Waals surface area contributed by atoms with Crippen LogP contribution in [0, 0.1) is 0 Å². The van der Waals surface area contributed by atoms with Crippen LogP contribution in [0.25, 0.3) is 10.9 Å². The van der Waals surface area contributed by atoms with Crippen molar-refractivity contribution in [1.29, 1.82) is 0 Å². The average molecular weight is 270 g/mol. The van der Waals surface area contributed by atoms with E-state index in [1.54, 1.807) is 0 Å². The summed E-state index contributed by atoms with van der Waals surface area (Å²) < 4.78 is 0. The number of fused-ring (bicyclic) bond motifs is 1. The second kappa shape index (κ2) is 5.57. The highest BCUT2D eigenvalue weighted by atomic mass is 15.2. The highest BCUT2D eigenvalue weighted by molar-refractivity contribution is 5.86. The number of guanidine groups is 1. The Bertz CT molecular complexity index is 626. The number of aryl methyl sites for hydroxylation is 1. The van der Waals surface area contributed by atoms with E-state index in [1.165, 1.54) is 22.0 Å². The Morgan fingerprint density at radius 2 is 2.25 bits per heavy atom. The summed E-state index contributed by atoms with van der Waals surface area (Å²) >= 11 is 0. The number of nitrogens with zero attached hydrogens (tertiary/aromatic N) is 1. The van der Waals surface area contributed by atoms with Gasteiger partial charge in [0.1, 0.15) is 0 Å². The monoisotopic (exact) mass is 270 g/mol. The molecule has 1 aromatic carbocycles. The van der Waals surface area contributed by atoms with Gasteiger partial charge in [-0.25, -0.2) is 0 Å². The number of aromatic nitrogens is 1. The maximum atomic E-state index is 4.41. The predicted octanol–water partition coefficient (Wildman–Crippen LogP) is 2.21. The first-order valence-corrected chi connectivity index (χ1v) is 7.40. The number of aromatic amines is 1. The maximum absolute atomic E-state index is 4.41. The number of hydrogen-bond acceptors (Lipinski definition) is 3. The lowest BCUT2D eigenvalue weighted by molar-refractivity contribution is 0.712. The first-order valence-electron chi connectivity index (χ1n) is 7.40. The van der Waals surface area contributed by atoms with Crippen molar-refractivity contribution in [2.24, 2.45) is 4.99 Å². The molecule has 0 aliphatic carbocycles. The van der Waals surface area contributed by atoms with Crippen LogP contribution in [0.5, 0.6) is 0 Å². The molecule has 1 aliphatic heterocycles. The van der Waals surface area contributed by atoms with E-state index in [2.05, 4.69) is 58.9 Å². The lowest BCUT2D eigenvalue weighted by Crippen LogP contribution is -2.38. The van der Waals surface area contributed by atoms with Gasteiger partial charge in [0, 0.05) is 29.7 Å². The molecule has 0 saturated carbocycles. The molecular formula is C16H22N4. The molecular weight excluding hydrogens is 248 g/mol. The predicted molar refractivity (Wildman–Crippen MR) is 84.3 cm³/mol. The number of aliphatic imine (C=N–C) groups is 1. The van der Waals surface area contributed by atoms with Crippen molar-refractivity contribution >= 4 is 16.9 Å². The third-order valence-electron chi connectivity index (χ3n) is 3.86. The summed E-state index contributed by atoms with van der Waals surface area (Å²) in [5, 5.41) is 8.04. The van der Waals surface area contributed by atoms with Crippen molar-refractivity contribution in [2.45, 2.75) is 32.7 Å². The van der Waals surface area contributed by atoms with E-state index < -0.39 is 0 Å². The smallest absolute Gasteiger partial charge is 0.191 e. The Labute approximate surface area is 119 Å². The van der Waals surface area contributed by atoms with Crippen molar-refractivity contribution in [2.75, 3.05) is 13.1 Å². The summed E-state index contributed by atoms with van der Waals surface area (Å²) in [6.07, 6.45) is 4.20. The second-order valence-electron chi connectivity index (χ2n) is 5.42. The highest BCUT2D eigenvalue weighted by Gasteiger charge is 2.12. The van der Waals surface area contributed by atoms with E-state index in [1.807, 2.05) is 0 Å². The van der Waals surface area contributed by atoms with Gasteiger partial charge < -0.3 is 15.6 Å². The molecule has 1 aromatic heterocycles. The van der Waals surface area contributed by atoms with Crippen molar-refractivity contribution in [3.63, 3.8) is 0 Å². The second-order valence-corrected chi connectivity index (χ2v) is 5.42. The number of nitrogens with one attached hydrogen (secondary N) is 3. The van der Waals surface area contributed by atoms with Crippen LogP contribution in [0.4, 0.5) is 0 Å². The lowest BCUT2D eigenvalue weighted by Gasteiger charge is -2.08. The molecule has 1 atom stereocenters. The lowest BCUT2D eigenvalue weighted by atomic mass is 10.1. The Kier molecular flexibility index (Phi) is 3.63. The first-order chi connectivity index (χ1) is 9.78. The molecule has 0 spiro atoms.